The molecule has 3 nitrogen and oxygen atoms in total. The van der Waals surface area contributed by atoms with Crippen molar-refractivity contribution in [2.45, 2.75) is 58.0 Å². The van der Waals surface area contributed by atoms with Gasteiger partial charge in [-0.15, -0.1) is 33.2 Å². The van der Waals surface area contributed by atoms with Gasteiger partial charge in [0, 0.05) is 27.4 Å². The third-order valence-corrected chi connectivity index (χ3v) is 5.60. The maximum absolute atomic E-state index is 5.36. The molecule has 0 saturated carbocycles. The van der Waals surface area contributed by atoms with Gasteiger partial charge in [-0.05, 0) is 13.0 Å². The largest absolute Gasteiger partial charge is 0.500 e. The first kappa shape index (κ1) is 23.4. The molecule has 8 heteroatoms. The summed E-state index contributed by atoms with van der Waals surface area (Å²) in [6.07, 6.45) is 7.71. The maximum Gasteiger partial charge on any atom is 0.500 e. The van der Waals surface area contributed by atoms with Crippen LogP contribution in [0.3, 0.4) is 0 Å². The second-order valence-corrected chi connectivity index (χ2v) is 17.8. The monoisotopic (exact) mass is 382 g/mol. The van der Waals surface area contributed by atoms with E-state index in [0.717, 1.165) is 12.5 Å². The lowest BCUT2D eigenvalue weighted by Gasteiger charge is -2.24. The number of hydrogen-bond donors (Lipinski definition) is 0. The van der Waals surface area contributed by atoms with Crippen LogP contribution in [0.25, 0.3) is 0 Å². The van der Waals surface area contributed by atoms with Crippen molar-refractivity contribution >= 4 is 48.0 Å². The maximum atomic E-state index is 5.36. The molecule has 0 unspecified atom stereocenters. The molecule has 0 amide bonds. The molecule has 0 heterocycles. The molecular weight excluding hydrogens is 355 g/mol. The van der Waals surface area contributed by atoms with Crippen LogP contribution in [0, 0.1) is 0 Å². The van der Waals surface area contributed by atoms with Gasteiger partial charge in [0.05, 0.1) is 0 Å². The molecule has 0 aliphatic heterocycles. The van der Waals surface area contributed by atoms with Crippen LogP contribution >= 0.6 is 33.2 Å². The summed E-state index contributed by atoms with van der Waals surface area (Å²) in [6.45, 7) is 3.86. The number of unbranched alkanes of at least 4 members (excludes halogenated alkanes) is 5. The van der Waals surface area contributed by atoms with E-state index >= 15 is 0 Å². The van der Waals surface area contributed by atoms with Gasteiger partial charge in [0.1, 0.15) is 0 Å². The van der Waals surface area contributed by atoms with E-state index in [0.29, 0.717) is 0 Å². The zero-order chi connectivity index (χ0) is 16.1. The van der Waals surface area contributed by atoms with Crippen molar-refractivity contribution < 1.29 is 13.3 Å². The first-order chi connectivity index (χ1) is 9.24. The van der Waals surface area contributed by atoms with Crippen LogP contribution in [0.5, 0.6) is 0 Å². The molecule has 0 radical (unpaired) electrons. The average molecular weight is 384 g/mol. The fraction of sp³-hybridized carbons (Fsp3) is 1.00. The highest BCUT2D eigenvalue weighted by molar-refractivity contribution is 7.64. The van der Waals surface area contributed by atoms with Gasteiger partial charge in [-0.25, -0.2) is 0 Å². The summed E-state index contributed by atoms with van der Waals surface area (Å²) in [6, 6.07) is -1.26. The van der Waals surface area contributed by atoms with Crippen molar-refractivity contribution in [2.24, 2.45) is 0 Å². The van der Waals surface area contributed by atoms with E-state index in [1.807, 2.05) is 0 Å². The zero-order valence-electron chi connectivity index (χ0n) is 13.3. The number of rotatable bonds is 10. The van der Waals surface area contributed by atoms with Gasteiger partial charge in [-0.1, -0.05) is 39.0 Å². The summed E-state index contributed by atoms with van der Waals surface area (Å²) in [5.74, 6) is 0. The SMILES string of the molecule is CCCCCCCC[Si](OC)(OC)OC.C[Si](Cl)(Cl)Cl. The van der Waals surface area contributed by atoms with Crippen molar-refractivity contribution in [3.63, 3.8) is 0 Å². The predicted molar refractivity (Wildman–Crippen MR) is 94.1 cm³/mol. The predicted octanol–water partition coefficient (Wildman–Crippen LogP) is 5.50. The molecule has 0 aromatic heterocycles. The second-order valence-electron chi connectivity index (χ2n) is 4.59. The molecule has 0 aromatic rings. The van der Waals surface area contributed by atoms with Gasteiger partial charge >= 0.3 is 14.8 Å². The van der Waals surface area contributed by atoms with E-state index < -0.39 is 14.8 Å². The Morgan fingerprint density at radius 1 is 0.750 bits per heavy atom. The van der Waals surface area contributed by atoms with Gasteiger partial charge in [-0.2, -0.15) is 0 Å². The van der Waals surface area contributed by atoms with Crippen molar-refractivity contribution in [2.75, 3.05) is 21.3 Å². The molecule has 0 bridgehead atoms. The van der Waals surface area contributed by atoms with Gasteiger partial charge in [0.15, 0.2) is 0 Å². The summed E-state index contributed by atoms with van der Waals surface area (Å²) < 4.78 is 16.1. The summed E-state index contributed by atoms with van der Waals surface area (Å²) in [7, 11) is 2.74. The molecule has 20 heavy (non-hydrogen) atoms. The van der Waals surface area contributed by atoms with Gasteiger partial charge in [0.2, 0.25) is 0 Å². The summed E-state index contributed by atoms with van der Waals surface area (Å²) >= 11 is 15.6. The minimum atomic E-state index is -2.29. The number of halogens is 3. The molecule has 0 saturated heterocycles. The van der Waals surface area contributed by atoms with Crippen molar-refractivity contribution in [3.05, 3.63) is 0 Å². The van der Waals surface area contributed by atoms with Gasteiger partial charge in [-0.3, -0.25) is 0 Å². The molecule has 0 atom stereocenters. The minimum absolute atomic E-state index is 0.933. The summed E-state index contributed by atoms with van der Waals surface area (Å²) in [5, 5.41) is 0. The molecule has 0 aliphatic carbocycles. The summed E-state index contributed by atoms with van der Waals surface area (Å²) in [4.78, 5) is 0. The Hall–Kier alpha value is 1.18. The topological polar surface area (TPSA) is 27.7 Å². The van der Waals surface area contributed by atoms with E-state index in [-0.39, 0.29) is 0 Å². The van der Waals surface area contributed by atoms with E-state index in [9.17, 15) is 0 Å². The van der Waals surface area contributed by atoms with Gasteiger partial charge < -0.3 is 13.3 Å². The lowest BCUT2D eigenvalue weighted by molar-refractivity contribution is 0.122. The third-order valence-electron chi connectivity index (χ3n) is 2.77. The molecule has 0 aliphatic rings. The highest BCUT2D eigenvalue weighted by Crippen LogP contribution is 2.18. The van der Waals surface area contributed by atoms with Crippen LogP contribution in [-0.4, -0.2) is 36.1 Å². The fourth-order valence-corrected chi connectivity index (χ4v) is 3.47. The van der Waals surface area contributed by atoms with E-state index in [1.54, 1.807) is 27.9 Å². The molecule has 0 aromatic carbocycles. The smallest absolute Gasteiger partial charge is 0.377 e. The lowest BCUT2D eigenvalue weighted by Crippen LogP contribution is -2.42. The first-order valence-electron chi connectivity index (χ1n) is 6.96. The Morgan fingerprint density at radius 2 is 1.10 bits per heavy atom. The summed E-state index contributed by atoms with van der Waals surface area (Å²) in [5.41, 5.74) is 0. The Bertz CT molecular complexity index is 198. The first-order valence-corrected chi connectivity index (χ1v) is 14.4. The van der Waals surface area contributed by atoms with Gasteiger partial charge in [0.25, 0.3) is 0 Å². The Labute approximate surface area is 140 Å². The fourth-order valence-electron chi connectivity index (χ4n) is 1.68. The Kier molecular flexibility index (Phi) is 16.2. The standard InChI is InChI=1S/C11H26O3Si.CH3Cl3Si/c1-5-6-7-8-9-10-11-15(12-2,13-3)14-4;1-5(2,3)4/h5-11H2,1-4H3;1H3. The highest BCUT2D eigenvalue weighted by Gasteiger charge is 2.36. The van der Waals surface area contributed by atoms with Crippen molar-refractivity contribution in [3.8, 4) is 0 Å². The van der Waals surface area contributed by atoms with Crippen molar-refractivity contribution in [1.29, 1.82) is 0 Å². The van der Waals surface area contributed by atoms with Crippen LogP contribution in [0.1, 0.15) is 45.4 Å². The molecule has 124 valence electrons. The second kappa shape index (κ2) is 13.8. The quantitative estimate of drug-likeness (QED) is 0.283. The molecule has 0 rings (SSSR count). The Balaban J connectivity index is 0. The highest BCUT2D eigenvalue weighted by atomic mass is 35.8. The van der Waals surface area contributed by atoms with Crippen LogP contribution in [0.4, 0.5) is 0 Å². The Morgan fingerprint density at radius 3 is 1.45 bits per heavy atom. The zero-order valence-corrected chi connectivity index (χ0v) is 17.6. The van der Waals surface area contributed by atoms with Crippen LogP contribution < -0.4 is 0 Å². The van der Waals surface area contributed by atoms with E-state index in [1.165, 1.54) is 32.1 Å². The van der Waals surface area contributed by atoms with Crippen molar-refractivity contribution in [1.82, 2.24) is 0 Å². The minimum Gasteiger partial charge on any atom is -0.377 e. The number of hydrogen-bond acceptors (Lipinski definition) is 3. The molecule has 0 fully saturated rings. The van der Waals surface area contributed by atoms with Crippen LogP contribution in [-0.2, 0) is 13.3 Å². The normalized spacial score (nSPS) is 12.0. The third kappa shape index (κ3) is 17.2. The lowest BCUT2D eigenvalue weighted by atomic mass is 10.1. The average Bonchev–Trinajstić information content (AvgIpc) is 2.37. The van der Waals surface area contributed by atoms with Crippen LogP contribution in [0.15, 0.2) is 0 Å². The van der Waals surface area contributed by atoms with E-state index in [4.69, 9.17) is 46.5 Å². The molecular formula is C12H29Cl3O3Si2. The van der Waals surface area contributed by atoms with E-state index in [2.05, 4.69) is 6.92 Å². The molecule has 0 N–H and O–H groups in total. The van der Waals surface area contributed by atoms with Crippen LogP contribution in [0.2, 0.25) is 12.6 Å². The molecule has 0 spiro atoms.